The van der Waals surface area contributed by atoms with E-state index in [1.54, 1.807) is 6.20 Å². The minimum Gasteiger partial charge on any atom is -0.396 e. The van der Waals surface area contributed by atoms with Gasteiger partial charge in [0.1, 0.15) is 0 Å². The summed E-state index contributed by atoms with van der Waals surface area (Å²) in [7, 11) is 0. The largest absolute Gasteiger partial charge is 0.396 e. The van der Waals surface area contributed by atoms with Gasteiger partial charge in [-0.05, 0) is 24.6 Å². The van der Waals surface area contributed by atoms with Crippen molar-refractivity contribution in [1.82, 2.24) is 4.98 Å². The Morgan fingerprint density at radius 1 is 1.45 bits per heavy atom. The van der Waals surface area contributed by atoms with Crippen molar-refractivity contribution < 1.29 is 5.11 Å². The molecule has 0 aliphatic rings. The number of aromatic nitrogens is 1. The Hall–Kier alpha value is -1.15. The van der Waals surface area contributed by atoms with E-state index in [4.69, 9.17) is 5.11 Å². The number of pyridine rings is 1. The molecule has 1 heterocycles. The predicted molar refractivity (Wildman–Crippen MR) is 45.0 cm³/mol. The molecule has 2 nitrogen and oxygen atoms in total. The molecule has 0 radical (unpaired) electrons. The Bertz CT molecular complexity index is 218. The van der Waals surface area contributed by atoms with Crippen molar-refractivity contribution in [1.29, 1.82) is 0 Å². The van der Waals surface area contributed by atoms with Crippen LogP contribution >= 0.6 is 0 Å². The summed E-state index contributed by atoms with van der Waals surface area (Å²) in [5, 5.41) is 8.47. The van der Waals surface area contributed by atoms with E-state index in [-0.39, 0.29) is 6.61 Å². The van der Waals surface area contributed by atoms with Crippen LogP contribution in [0, 0.1) is 0 Å². The average Bonchev–Trinajstić information content (AvgIpc) is 2.07. The van der Waals surface area contributed by atoms with E-state index in [0.717, 1.165) is 5.69 Å². The molecule has 0 aliphatic carbocycles. The van der Waals surface area contributed by atoms with Gasteiger partial charge in [-0.1, -0.05) is 12.1 Å². The zero-order valence-corrected chi connectivity index (χ0v) is 6.27. The molecule has 2 heteroatoms. The SMILES string of the molecule is OCC/C=C/c1ccccn1. The van der Waals surface area contributed by atoms with E-state index < -0.39 is 0 Å². The Labute approximate surface area is 66.2 Å². The van der Waals surface area contributed by atoms with Crippen molar-refractivity contribution in [3.05, 3.63) is 36.2 Å². The molecule has 1 aromatic rings. The molecular formula is C9H11NO. The quantitative estimate of drug-likeness (QED) is 0.706. The standard InChI is InChI=1S/C9H11NO/c11-8-4-2-6-9-5-1-3-7-10-9/h1-3,5-7,11H,4,8H2/b6-2+. The van der Waals surface area contributed by atoms with E-state index in [1.165, 1.54) is 0 Å². The first-order chi connectivity index (χ1) is 5.43. The highest BCUT2D eigenvalue weighted by Gasteiger charge is 1.82. The van der Waals surface area contributed by atoms with Crippen LogP contribution in [0.4, 0.5) is 0 Å². The Morgan fingerprint density at radius 3 is 3.00 bits per heavy atom. The van der Waals surface area contributed by atoms with E-state index >= 15 is 0 Å². The van der Waals surface area contributed by atoms with Gasteiger partial charge in [-0.15, -0.1) is 0 Å². The first-order valence-corrected chi connectivity index (χ1v) is 3.62. The van der Waals surface area contributed by atoms with Crippen LogP contribution in [0.3, 0.4) is 0 Å². The van der Waals surface area contributed by atoms with Gasteiger partial charge >= 0.3 is 0 Å². The lowest BCUT2D eigenvalue weighted by molar-refractivity contribution is 0.303. The minimum atomic E-state index is 0.198. The normalized spacial score (nSPS) is 10.6. The molecule has 0 spiro atoms. The number of aliphatic hydroxyl groups excluding tert-OH is 1. The van der Waals surface area contributed by atoms with Gasteiger partial charge < -0.3 is 5.11 Å². The maximum Gasteiger partial charge on any atom is 0.0626 e. The third kappa shape index (κ3) is 2.96. The van der Waals surface area contributed by atoms with E-state index in [2.05, 4.69) is 4.98 Å². The number of aliphatic hydroxyl groups is 1. The van der Waals surface area contributed by atoms with E-state index in [9.17, 15) is 0 Å². The summed E-state index contributed by atoms with van der Waals surface area (Å²) in [6.45, 7) is 0.198. The van der Waals surface area contributed by atoms with Crippen LogP contribution in [0.25, 0.3) is 6.08 Å². The summed E-state index contributed by atoms with van der Waals surface area (Å²) in [4.78, 5) is 4.08. The van der Waals surface area contributed by atoms with E-state index in [0.29, 0.717) is 6.42 Å². The molecule has 11 heavy (non-hydrogen) atoms. The van der Waals surface area contributed by atoms with Crippen LogP contribution in [-0.2, 0) is 0 Å². The van der Waals surface area contributed by atoms with Gasteiger partial charge in [-0.25, -0.2) is 0 Å². The van der Waals surface area contributed by atoms with Crippen molar-refractivity contribution in [3.8, 4) is 0 Å². The number of hydrogen-bond acceptors (Lipinski definition) is 2. The fourth-order valence-electron chi connectivity index (χ4n) is 0.753. The van der Waals surface area contributed by atoms with Crippen LogP contribution in [-0.4, -0.2) is 16.7 Å². The number of hydrogen-bond donors (Lipinski definition) is 1. The second-order valence-corrected chi connectivity index (χ2v) is 2.17. The van der Waals surface area contributed by atoms with Gasteiger partial charge in [0.05, 0.1) is 5.69 Å². The summed E-state index contributed by atoms with van der Waals surface area (Å²) < 4.78 is 0. The maximum absolute atomic E-state index is 8.47. The van der Waals surface area contributed by atoms with Gasteiger partial charge in [0, 0.05) is 12.8 Å². The molecule has 1 aromatic heterocycles. The van der Waals surface area contributed by atoms with Crippen LogP contribution in [0.5, 0.6) is 0 Å². The summed E-state index contributed by atoms with van der Waals surface area (Å²) in [5.41, 5.74) is 0.931. The first-order valence-electron chi connectivity index (χ1n) is 3.62. The fraction of sp³-hybridized carbons (Fsp3) is 0.222. The van der Waals surface area contributed by atoms with Crippen molar-refractivity contribution in [3.63, 3.8) is 0 Å². The van der Waals surface area contributed by atoms with Gasteiger partial charge in [0.2, 0.25) is 0 Å². The van der Waals surface area contributed by atoms with Crippen molar-refractivity contribution in [2.75, 3.05) is 6.61 Å². The van der Waals surface area contributed by atoms with Crippen molar-refractivity contribution in [2.45, 2.75) is 6.42 Å². The first kappa shape index (κ1) is 7.95. The number of rotatable bonds is 3. The monoisotopic (exact) mass is 149 g/mol. The summed E-state index contributed by atoms with van der Waals surface area (Å²) >= 11 is 0. The molecule has 0 bridgehead atoms. The molecule has 0 aromatic carbocycles. The average molecular weight is 149 g/mol. The molecule has 0 aliphatic heterocycles. The van der Waals surface area contributed by atoms with Gasteiger partial charge in [-0.3, -0.25) is 4.98 Å². The molecule has 0 saturated carbocycles. The Morgan fingerprint density at radius 2 is 2.36 bits per heavy atom. The Kier molecular flexibility index (Phi) is 3.35. The third-order valence-electron chi connectivity index (χ3n) is 1.27. The van der Waals surface area contributed by atoms with Crippen LogP contribution < -0.4 is 0 Å². The topological polar surface area (TPSA) is 33.1 Å². The Balaban J connectivity index is 2.50. The molecule has 0 unspecified atom stereocenters. The lowest BCUT2D eigenvalue weighted by atomic mass is 10.3. The van der Waals surface area contributed by atoms with E-state index in [1.807, 2.05) is 30.4 Å². The third-order valence-corrected chi connectivity index (χ3v) is 1.27. The zero-order valence-electron chi connectivity index (χ0n) is 6.27. The molecular weight excluding hydrogens is 138 g/mol. The summed E-state index contributed by atoms with van der Waals surface area (Å²) in [5.74, 6) is 0. The summed E-state index contributed by atoms with van der Waals surface area (Å²) in [6, 6.07) is 5.74. The van der Waals surface area contributed by atoms with Crippen LogP contribution in [0.15, 0.2) is 30.5 Å². The maximum atomic E-state index is 8.47. The number of nitrogens with zero attached hydrogens (tertiary/aromatic N) is 1. The summed E-state index contributed by atoms with van der Waals surface area (Å²) in [6.07, 6.45) is 6.24. The highest BCUT2D eigenvalue weighted by molar-refractivity contribution is 5.43. The highest BCUT2D eigenvalue weighted by atomic mass is 16.2. The molecule has 0 amide bonds. The highest BCUT2D eigenvalue weighted by Crippen LogP contribution is 1.96. The molecule has 0 saturated heterocycles. The fourth-order valence-corrected chi connectivity index (χ4v) is 0.753. The molecule has 0 atom stereocenters. The molecule has 0 fully saturated rings. The predicted octanol–water partition coefficient (Wildman–Crippen LogP) is 1.48. The van der Waals surface area contributed by atoms with Crippen molar-refractivity contribution in [2.24, 2.45) is 0 Å². The zero-order chi connectivity index (χ0) is 7.94. The lowest BCUT2D eigenvalue weighted by Gasteiger charge is -1.88. The smallest absolute Gasteiger partial charge is 0.0626 e. The second-order valence-electron chi connectivity index (χ2n) is 2.17. The lowest BCUT2D eigenvalue weighted by Crippen LogP contribution is -1.78. The van der Waals surface area contributed by atoms with Crippen LogP contribution in [0.2, 0.25) is 0 Å². The van der Waals surface area contributed by atoms with Gasteiger partial charge in [0.25, 0.3) is 0 Å². The molecule has 1 rings (SSSR count). The molecule has 58 valence electrons. The minimum absolute atomic E-state index is 0.198. The van der Waals surface area contributed by atoms with Crippen LogP contribution in [0.1, 0.15) is 12.1 Å². The molecule has 1 N–H and O–H groups in total. The van der Waals surface area contributed by atoms with Crippen molar-refractivity contribution >= 4 is 6.08 Å². The van der Waals surface area contributed by atoms with Gasteiger partial charge in [-0.2, -0.15) is 0 Å². The second kappa shape index (κ2) is 4.63. The van der Waals surface area contributed by atoms with Gasteiger partial charge in [0.15, 0.2) is 0 Å².